The summed E-state index contributed by atoms with van der Waals surface area (Å²) in [5, 5.41) is 7.08. The third-order valence-electron chi connectivity index (χ3n) is 5.99. The fraction of sp³-hybridized carbons (Fsp3) is 0.259. The number of para-hydroxylation sites is 1. The normalized spacial score (nSPS) is 13.9. The van der Waals surface area contributed by atoms with Gasteiger partial charge in [0.15, 0.2) is 5.11 Å². The van der Waals surface area contributed by atoms with Gasteiger partial charge in [-0.15, -0.1) is 0 Å². The van der Waals surface area contributed by atoms with E-state index in [0.29, 0.717) is 6.54 Å². The van der Waals surface area contributed by atoms with Crippen LogP contribution < -0.4 is 15.4 Å². The van der Waals surface area contributed by atoms with Gasteiger partial charge >= 0.3 is 0 Å². The van der Waals surface area contributed by atoms with Crippen LogP contribution in [0.3, 0.4) is 0 Å². The molecule has 1 saturated heterocycles. The van der Waals surface area contributed by atoms with Gasteiger partial charge in [-0.05, 0) is 79.7 Å². The number of benzene rings is 3. The van der Waals surface area contributed by atoms with Crippen molar-refractivity contribution in [2.75, 3.05) is 43.4 Å². The lowest BCUT2D eigenvalue weighted by Crippen LogP contribution is -2.51. The third-order valence-corrected chi connectivity index (χ3v) is 6.35. The van der Waals surface area contributed by atoms with E-state index in [1.807, 2.05) is 60.7 Å². The molecule has 34 heavy (non-hydrogen) atoms. The molecule has 1 heterocycles. The maximum absolute atomic E-state index is 12.5. The van der Waals surface area contributed by atoms with Crippen LogP contribution >= 0.6 is 12.2 Å². The molecule has 4 rings (SSSR count). The second-order valence-corrected chi connectivity index (χ2v) is 8.82. The zero-order valence-corrected chi connectivity index (χ0v) is 20.4. The monoisotopic (exact) mass is 474 g/mol. The summed E-state index contributed by atoms with van der Waals surface area (Å²) in [6, 6.07) is 23.2. The highest BCUT2D eigenvalue weighted by molar-refractivity contribution is 7.80. The van der Waals surface area contributed by atoms with E-state index in [-0.39, 0.29) is 5.91 Å². The maximum atomic E-state index is 12.5. The number of thiocarbonyl (C=S) groups is 1. The lowest BCUT2D eigenvalue weighted by molar-refractivity contribution is -0.117. The van der Waals surface area contributed by atoms with Crippen molar-refractivity contribution in [1.29, 1.82) is 0 Å². The molecule has 0 bridgehead atoms. The van der Waals surface area contributed by atoms with Gasteiger partial charge in [0.2, 0.25) is 5.91 Å². The van der Waals surface area contributed by atoms with Crippen molar-refractivity contribution in [2.24, 2.45) is 0 Å². The molecular weight excluding hydrogens is 444 g/mol. The number of ether oxygens (including phenoxy) is 1. The summed E-state index contributed by atoms with van der Waals surface area (Å²) in [4.78, 5) is 16.9. The van der Waals surface area contributed by atoms with Crippen molar-refractivity contribution in [3.8, 4) is 11.5 Å². The maximum Gasteiger partial charge on any atom is 0.238 e. The van der Waals surface area contributed by atoms with Gasteiger partial charge < -0.3 is 20.3 Å². The van der Waals surface area contributed by atoms with Gasteiger partial charge in [-0.25, -0.2) is 0 Å². The Morgan fingerprint density at radius 1 is 0.853 bits per heavy atom. The molecule has 0 radical (unpaired) electrons. The number of nitrogens with one attached hydrogen (secondary N) is 2. The number of hydrogen-bond donors (Lipinski definition) is 2. The van der Waals surface area contributed by atoms with Gasteiger partial charge in [-0.1, -0.05) is 30.3 Å². The molecule has 1 amide bonds. The van der Waals surface area contributed by atoms with Crippen LogP contribution in [0.1, 0.15) is 11.1 Å². The third kappa shape index (κ3) is 6.34. The molecule has 0 saturated carbocycles. The first kappa shape index (κ1) is 23.7. The van der Waals surface area contributed by atoms with Crippen LogP contribution in [0.25, 0.3) is 0 Å². The van der Waals surface area contributed by atoms with Crippen LogP contribution in [0, 0.1) is 13.8 Å². The number of amides is 1. The van der Waals surface area contributed by atoms with Gasteiger partial charge in [-0.2, -0.15) is 0 Å². The summed E-state index contributed by atoms with van der Waals surface area (Å²) in [7, 11) is 0. The topological polar surface area (TPSA) is 56.8 Å². The van der Waals surface area contributed by atoms with Crippen molar-refractivity contribution >= 4 is 34.6 Å². The molecule has 1 aliphatic heterocycles. The number of carbonyl (C=O) groups excluding carboxylic acids is 1. The van der Waals surface area contributed by atoms with Crippen LogP contribution in [0.15, 0.2) is 72.8 Å². The van der Waals surface area contributed by atoms with Gasteiger partial charge in [0.05, 0.1) is 6.54 Å². The Labute approximate surface area is 206 Å². The zero-order valence-electron chi connectivity index (χ0n) is 19.6. The second-order valence-electron chi connectivity index (χ2n) is 8.43. The first-order valence-electron chi connectivity index (χ1n) is 11.5. The molecule has 7 heteroatoms. The zero-order chi connectivity index (χ0) is 23.9. The number of piperazine rings is 1. The Morgan fingerprint density at radius 3 is 2.24 bits per heavy atom. The van der Waals surface area contributed by atoms with Crippen LogP contribution in [0.2, 0.25) is 0 Å². The van der Waals surface area contributed by atoms with Crippen molar-refractivity contribution in [1.82, 2.24) is 9.80 Å². The van der Waals surface area contributed by atoms with E-state index in [0.717, 1.165) is 54.2 Å². The number of rotatable bonds is 6. The smallest absolute Gasteiger partial charge is 0.238 e. The van der Waals surface area contributed by atoms with Crippen LogP contribution in [0.4, 0.5) is 11.4 Å². The Kier molecular flexibility index (Phi) is 7.77. The van der Waals surface area contributed by atoms with Gasteiger partial charge in [0.25, 0.3) is 0 Å². The second kappa shape index (κ2) is 11.1. The molecule has 3 aromatic carbocycles. The molecule has 176 valence electrons. The van der Waals surface area contributed by atoms with Gasteiger partial charge in [-0.3, -0.25) is 9.69 Å². The van der Waals surface area contributed by atoms with Gasteiger partial charge in [0, 0.05) is 37.6 Å². The molecule has 0 atom stereocenters. The Morgan fingerprint density at radius 2 is 1.53 bits per heavy atom. The van der Waals surface area contributed by atoms with E-state index in [9.17, 15) is 4.79 Å². The number of anilines is 2. The van der Waals surface area contributed by atoms with E-state index in [2.05, 4.69) is 46.4 Å². The lowest BCUT2D eigenvalue weighted by Gasteiger charge is -2.36. The first-order valence-corrected chi connectivity index (χ1v) is 11.9. The van der Waals surface area contributed by atoms with E-state index in [1.54, 1.807) is 0 Å². The number of hydrogen-bond acceptors (Lipinski definition) is 4. The molecule has 6 nitrogen and oxygen atoms in total. The summed E-state index contributed by atoms with van der Waals surface area (Å²) >= 11 is 5.63. The van der Waals surface area contributed by atoms with Crippen LogP contribution in [0.5, 0.6) is 11.5 Å². The van der Waals surface area contributed by atoms with Crippen LogP contribution in [-0.4, -0.2) is 53.5 Å². The van der Waals surface area contributed by atoms with E-state index >= 15 is 0 Å². The molecule has 3 aromatic rings. The highest BCUT2D eigenvalue weighted by Gasteiger charge is 2.21. The molecule has 2 N–H and O–H groups in total. The standard InChI is InChI=1S/C27H30N4O2S/c1-20-7-6-10-25(21(20)2)29-27(34)31-17-15-30(16-18-31)19-26(32)28-22-11-13-24(14-12-22)33-23-8-4-3-5-9-23/h3-14H,15-19H2,1-2H3,(H,28,32)(H,29,34). The summed E-state index contributed by atoms with van der Waals surface area (Å²) < 4.78 is 5.80. The Hall–Kier alpha value is -3.42. The van der Waals surface area contributed by atoms with Crippen molar-refractivity contribution in [3.05, 3.63) is 83.9 Å². The van der Waals surface area contributed by atoms with E-state index in [4.69, 9.17) is 17.0 Å². The molecule has 0 aliphatic carbocycles. The minimum Gasteiger partial charge on any atom is -0.457 e. The first-order chi connectivity index (χ1) is 16.5. The highest BCUT2D eigenvalue weighted by Crippen LogP contribution is 2.23. The fourth-order valence-corrected chi connectivity index (χ4v) is 4.12. The minimum absolute atomic E-state index is 0.0266. The van der Waals surface area contributed by atoms with Crippen LogP contribution in [-0.2, 0) is 4.79 Å². The van der Waals surface area contributed by atoms with E-state index < -0.39 is 0 Å². The fourth-order valence-electron chi connectivity index (χ4n) is 3.82. The Balaban J connectivity index is 1.21. The quantitative estimate of drug-likeness (QED) is 0.488. The number of aryl methyl sites for hydroxylation is 1. The Bertz CT molecular complexity index is 1130. The number of nitrogens with zero attached hydrogens (tertiary/aromatic N) is 2. The largest absolute Gasteiger partial charge is 0.457 e. The number of carbonyl (C=O) groups is 1. The van der Waals surface area contributed by atoms with Crippen molar-refractivity contribution in [3.63, 3.8) is 0 Å². The molecule has 0 aromatic heterocycles. The summed E-state index contributed by atoms with van der Waals surface area (Å²) in [6.45, 7) is 7.69. The predicted molar refractivity (Wildman–Crippen MR) is 142 cm³/mol. The molecule has 0 spiro atoms. The van der Waals surface area contributed by atoms with Gasteiger partial charge in [0.1, 0.15) is 11.5 Å². The van der Waals surface area contributed by atoms with Crippen molar-refractivity contribution < 1.29 is 9.53 Å². The van der Waals surface area contributed by atoms with Crippen molar-refractivity contribution in [2.45, 2.75) is 13.8 Å². The predicted octanol–water partition coefficient (Wildman–Crippen LogP) is 5.05. The molecule has 1 fully saturated rings. The molecule has 0 unspecified atom stereocenters. The SMILES string of the molecule is Cc1cccc(NC(=S)N2CCN(CC(=O)Nc3ccc(Oc4ccccc4)cc3)CC2)c1C. The molecular formula is C27H30N4O2S. The summed E-state index contributed by atoms with van der Waals surface area (Å²) in [5.74, 6) is 1.48. The van der Waals surface area contributed by atoms with E-state index in [1.165, 1.54) is 11.1 Å². The summed E-state index contributed by atoms with van der Waals surface area (Å²) in [5.41, 5.74) is 4.25. The highest BCUT2D eigenvalue weighted by atomic mass is 32.1. The lowest BCUT2D eigenvalue weighted by atomic mass is 10.1. The average Bonchev–Trinajstić information content (AvgIpc) is 2.84. The summed E-state index contributed by atoms with van der Waals surface area (Å²) in [6.07, 6.45) is 0. The average molecular weight is 475 g/mol. The minimum atomic E-state index is -0.0266. The molecule has 1 aliphatic rings.